The van der Waals surface area contributed by atoms with E-state index in [1.807, 2.05) is 18.7 Å². The summed E-state index contributed by atoms with van der Waals surface area (Å²) in [6.07, 6.45) is -0.358. The molecule has 1 aromatic carbocycles. The fraction of sp³-hybridized carbons (Fsp3) is 0.500. The molecule has 1 aliphatic rings. The summed E-state index contributed by atoms with van der Waals surface area (Å²) in [5.74, 6) is -0.593. The zero-order valence-electron chi connectivity index (χ0n) is 12.1. The molecule has 1 aromatic rings. The molecule has 5 N–H and O–H groups in total. The molecule has 1 unspecified atom stereocenters. The maximum Gasteiger partial charge on any atom is 0.250 e. The molecule has 116 valence electrons. The first kappa shape index (κ1) is 15.9. The largest absolute Gasteiger partial charge is 0.399 e. The molecule has 0 aromatic heterocycles. The highest BCUT2D eigenvalue weighted by Crippen LogP contribution is 2.35. The van der Waals surface area contributed by atoms with Crippen LogP contribution in [0.4, 0.5) is 11.4 Å². The van der Waals surface area contributed by atoms with E-state index in [-0.39, 0.29) is 18.3 Å². The second-order valence-electron chi connectivity index (χ2n) is 5.83. The van der Waals surface area contributed by atoms with Gasteiger partial charge in [0.1, 0.15) is 0 Å². The van der Waals surface area contributed by atoms with Crippen molar-refractivity contribution >= 4 is 28.9 Å². The minimum absolute atomic E-state index is 0.113. The molecule has 1 aliphatic heterocycles. The van der Waals surface area contributed by atoms with Crippen LogP contribution in [0.25, 0.3) is 0 Å². The molecule has 1 heterocycles. The zero-order valence-corrected chi connectivity index (χ0v) is 12.9. The summed E-state index contributed by atoms with van der Waals surface area (Å²) in [5.41, 5.74) is 11.9. The first-order valence-electron chi connectivity index (χ1n) is 6.66. The standard InChI is InChI=1S/C14H20ClN3O3/c1-14(2)7-18(5-9(6-19)21-14)12-10(13(17)20)3-8(16)4-11(12)15/h3-4,9,19H,5-7,16H2,1-2H3,(H2,17,20). The average Bonchev–Trinajstić information content (AvgIpc) is 2.35. The lowest BCUT2D eigenvalue weighted by molar-refractivity contribution is -0.101. The molecular weight excluding hydrogens is 294 g/mol. The van der Waals surface area contributed by atoms with E-state index >= 15 is 0 Å². The Morgan fingerprint density at radius 2 is 2.24 bits per heavy atom. The number of primary amides is 1. The summed E-state index contributed by atoms with van der Waals surface area (Å²) in [6, 6.07) is 3.10. The van der Waals surface area contributed by atoms with E-state index in [9.17, 15) is 9.90 Å². The molecule has 0 bridgehead atoms. The van der Waals surface area contributed by atoms with Crippen LogP contribution in [-0.2, 0) is 4.74 Å². The predicted molar refractivity (Wildman–Crippen MR) is 82.6 cm³/mol. The average molecular weight is 314 g/mol. The molecule has 1 atom stereocenters. The number of amides is 1. The molecule has 2 rings (SSSR count). The van der Waals surface area contributed by atoms with E-state index in [1.54, 1.807) is 6.07 Å². The predicted octanol–water partition coefficient (Wildman–Crippen LogP) is 0.997. The number of morpholine rings is 1. The highest BCUT2D eigenvalue weighted by Gasteiger charge is 2.35. The molecular formula is C14H20ClN3O3. The number of aliphatic hydroxyl groups excluding tert-OH is 1. The van der Waals surface area contributed by atoms with E-state index in [4.69, 9.17) is 27.8 Å². The summed E-state index contributed by atoms with van der Waals surface area (Å²) in [7, 11) is 0. The number of nitrogen functional groups attached to an aromatic ring is 1. The number of rotatable bonds is 3. The van der Waals surface area contributed by atoms with E-state index < -0.39 is 11.5 Å². The van der Waals surface area contributed by atoms with Gasteiger partial charge in [0.2, 0.25) is 0 Å². The molecule has 0 aliphatic carbocycles. The second-order valence-corrected chi connectivity index (χ2v) is 6.23. The van der Waals surface area contributed by atoms with E-state index in [1.165, 1.54) is 6.07 Å². The van der Waals surface area contributed by atoms with Crippen molar-refractivity contribution in [3.05, 3.63) is 22.7 Å². The van der Waals surface area contributed by atoms with Crippen LogP contribution in [0.3, 0.4) is 0 Å². The molecule has 0 saturated carbocycles. The molecule has 6 nitrogen and oxygen atoms in total. The van der Waals surface area contributed by atoms with Crippen molar-refractivity contribution in [1.29, 1.82) is 0 Å². The first-order valence-corrected chi connectivity index (χ1v) is 7.04. The Kier molecular flexibility index (Phi) is 4.32. The van der Waals surface area contributed by atoms with Crippen molar-refractivity contribution in [2.45, 2.75) is 25.6 Å². The van der Waals surface area contributed by atoms with E-state index in [2.05, 4.69) is 0 Å². The number of ether oxygens (including phenoxy) is 1. The van der Waals surface area contributed by atoms with Crippen LogP contribution < -0.4 is 16.4 Å². The van der Waals surface area contributed by atoms with Crippen LogP contribution in [0.15, 0.2) is 12.1 Å². The number of hydrogen-bond acceptors (Lipinski definition) is 5. The third-order valence-corrected chi connectivity index (χ3v) is 3.64. The van der Waals surface area contributed by atoms with Crippen LogP contribution in [0.2, 0.25) is 5.02 Å². The number of carbonyl (C=O) groups excluding carboxylic acids is 1. The molecule has 1 fully saturated rings. The minimum Gasteiger partial charge on any atom is -0.399 e. The Balaban J connectivity index is 2.47. The molecule has 0 spiro atoms. The van der Waals surface area contributed by atoms with Crippen LogP contribution in [0, 0.1) is 0 Å². The number of carbonyl (C=O) groups is 1. The normalized spacial score (nSPS) is 21.3. The SMILES string of the molecule is CC1(C)CN(c2c(Cl)cc(N)cc2C(N)=O)CC(CO)O1. The highest BCUT2D eigenvalue weighted by atomic mass is 35.5. The van der Waals surface area contributed by atoms with Crippen molar-refractivity contribution in [2.24, 2.45) is 5.73 Å². The number of anilines is 2. The fourth-order valence-electron chi connectivity index (χ4n) is 2.69. The number of nitrogens with zero attached hydrogens (tertiary/aromatic N) is 1. The number of benzene rings is 1. The third kappa shape index (κ3) is 3.40. The van der Waals surface area contributed by atoms with Gasteiger partial charge >= 0.3 is 0 Å². The summed E-state index contributed by atoms with van der Waals surface area (Å²) >= 11 is 6.26. The van der Waals surface area contributed by atoms with Gasteiger partial charge in [-0.05, 0) is 26.0 Å². The number of hydrogen-bond donors (Lipinski definition) is 3. The van der Waals surface area contributed by atoms with Gasteiger partial charge < -0.3 is 26.2 Å². The lowest BCUT2D eigenvalue weighted by Gasteiger charge is -2.44. The van der Waals surface area contributed by atoms with E-state index in [0.717, 1.165) is 0 Å². The minimum atomic E-state index is -0.593. The van der Waals surface area contributed by atoms with Gasteiger partial charge in [0.25, 0.3) is 5.91 Å². The Morgan fingerprint density at radius 3 is 2.81 bits per heavy atom. The summed E-state index contributed by atoms with van der Waals surface area (Å²) < 4.78 is 5.76. The van der Waals surface area contributed by atoms with Gasteiger partial charge in [-0.15, -0.1) is 0 Å². The maximum atomic E-state index is 11.7. The van der Waals surface area contributed by atoms with Crippen molar-refractivity contribution < 1.29 is 14.6 Å². The monoisotopic (exact) mass is 313 g/mol. The van der Waals surface area contributed by atoms with Gasteiger partial charge in [0.15, 0.2) is 0 Å². The van der Waals surface area contributed by atoms with Crippen LogP contribution in [-0.4, -0.2) is 42.4 Å². The Labute approximate surface area is 128 Å². The van der Waals surface area contributed by atoms with Gasteiger partial charge in [-0.3, -0.25) is 4.79 Å². The number of aliphatic hydroxyl groups is 1. The van der Waals surface area contributed by atoms with Gasteiger partial charge in [0, 0.05) is 18.8 Å². The number of nitrogens with two attached hydrogens (primary N) is 2. The molecule has 0 radical (unpaired) electrons. The third-order valence-electron chi connectivity index (χ3n) is 3.35. The molecule has 21 heavy (non-hydrogen) atoms. The van der Waals surface area contributed by atoms with Gasteiger partial charge in [-0.2, -0.15) is 0 Å². The summed E-state index contributed by atoms with van der Waals surface area (Å²) in [4.78, 5) is 13.6. The quantitative estimate of drug-likeness (QED) is 0.722. The van der Waals surface area contributed by atoms with Gasteiger partial charge in [-0.25, -0.2) is 0 Å². The van der Waals surface area contributed by atoms with E-state index in [0.29, 0.717) is 29.5 Å². The highest BCUT2D eigenvalue weighted by molar-refractivity contribution is 6.34. The second kappa shape index (κ2) is 5.71. The molecule has 1 saturated heterocycles. The molecule has 1 amide bonds. The topological polar surface area (TPSA) is 102 Å². The van der Waals surface area contributed by atoms with Gasteiger partial charge in [-0.1, -0.05) is 11.6 Å². The number of halogens is 1. The van der Waals surface area contributed by atoms with Crippen molar-refractivity contribution in [2.75, 3.05) is 30.3 Å². The van der Waals surface area contributed by atoms with Gasteiger partial charge in [0.05, 0.1) is 34.6 Å². The Hall–Kier alpha value is -1.50. The van der Waals surface area contributed by atoms with Crippen molar-refractivity contribution in [3.8, 4) is 0 Å². The molecule has 7 heteroatoms. The van der Waals surface area contributed by atoms with Crippen molar-refractivity contribution in [1.82, 2.24) is 0 Å². The van der Waals surface area contributed by atoms with Crippen LogP contribution in [0.5, 0.6) is 0 Å². The zero-order chi connectivity index (χ0) is 15.8. The fourth-order valence-corrected chi connectivity index (χ4v) is 3.04. The Bertz CT molecular complexity index is 563. The summed E-state index contributed by atoms with van der Waals surface area (Å²) in [5, 5.41) is 9.74. The lowest BCUT2D eigenvalue weighted by Crippen LogP contribution is -2.54. The summed E-state index contributed by atoms with van der Waals surface area (Å²) in [6.45, 7) is 4.66. The lowest BCUT2D eigenvalue weighted by atomic mass is 10.0. The Morgan fingerprint density at radius 1 is 1.57 bits per heavy atom. The maximum absolute atomic E-state index is 11.7. The smallest absolute Gasteiger partial charge is 0.250 e. The van der Waals surface area contributed by atoms with Crippen LogP contribution >= 0.6 is 11.6 Å². The van der Waals surface area contributed by atoms with Crippen LogP contribution in [0.1, 0.15) is 24.2 Å². The van der Waals surface area contributed by atoms with Crippen molar-refractivity contribution in [3.63, 3.8) is 0 Å². The first-order chi connectivity index (χ1) is 9.73.